The first-order valence-corrected chi connectivity index (χ1v) is 6.30. The van der Waals surface area contributed by atoms with Crippen LogP contribution in [0.4, 0.5) is 11.5 Å². The van der Waals surface area contributed by atoms with Crippen LogP contribution in [0.1, 0.15) is 19.8 Å². The van der Waals surface area contributed by atoms with E-state index in [4.69, 9.17) is 17.3 Å². The second-order valence-electron chi connectivity index (χ2n) is 4.65. The molecule has 2 heterocycles. The second kappa shape index (κ2) is 5.10. The lowest BCUT2D eigenvalue weighted by atomic mass is 9.92. The molecule has 94 valence electrons. The molecule has 1 aliphatic rings. The molecule has 0 bridgehead atoms. The molecule has 1 saturated heterocycles. The Bertz CT molecular complexity index is 369. The summed E-state index contributed by atoms with van der Waals surface area (Å²) in [5.41, 5.74) is 6.39. The molecule has 1 aromatic heterocycles. The van der Waals surface area contributed by atoms with Gasteiger partial charge in [0.2, 0.25) is 0 Å². The fraction of sp³-hybridized carbons (Fsp3) is 0.583. The van der Waals surface area contributed by atoms with E-state index < -0.39 is 0 Å². The minimum absolute atomic E-state index is 0.227. The maximum absolute atomic E-state index is 9.55. The largest absolute Gasteiger partial charge is 0.399 e. The summed E-state index contributed by atoms with van der Waals surface area (Å²) in [5, 5.41) is 9.98. The van der Waals surface area contributed by atoms with Gasteiger partial charge in [0.05, 0.1) is 6.10 Å². The maximum atomic E-state index is 9.55. The Balaban J connectivity index is 2.05. The number of aliphatic hydroxyl groups is 1. The van der Waals surface area contributed by atoms with Gasteiger partial charge in [-0.05, 0) is 31.7 Å². The van der Waals surface area contributed by atoms with Gasteiger partial charge >= 0.3 is 0 Å². The van der Waals surface area contributed by atoms with Gasteiger partial charge in [0, 0.05) is 24.8 Å². The minimum Gasteiger partial charge on any atom is -0.399 e. The molecule has 0 aliphatic carbocycles. The Morgan fingerprint density at radius 3 is 2.65 bits per heavy atom. The highest BCUT2D eigenvalue weighted by atomic mass is 35.5. The minimum atomic E-state index is -0.227. The summed E-state index contributed by atoms with van der Waals surface area (Å²) in [6.07, 6.45) is 1.73. The highest BCUT2D eigenvalue weighted by Crippen LogP contribution is 2.26. The van der Waals surface area contributed by atoms with Crippen LogP contribution >= 0.6 is 11.6 Å². The number of nitrogens with zero attached hydrogens (tertiary/aromatic N) is 2. The van der Waals surface area contributed by atoms with E-state index in [0.717, 1.165) is 31.7 Å². The lowest BCUT2D eigenvalue weighted by molar-refractivity contribution is 0.110. The van der Waals surface area contributed by atoms with Crippen LogP contribution in [-0.2, 0) is 0 Å². The van der Waals surface area contributed by atoms with Crippen LogP contribution in [0.15, 0.2) is 12.1 Å². The van der Waals surface area contributed by atoms with Crippen molar-refractivity contribution in [3.05, 3.63) is 17.3 Å². The summed E-state index contributed by atoms with van der Waals surface area (Å²) in [6.45, 7) is 3.64. The average Bonchev–Trinajstić information content (AvgIpc) is 2.28. The van der Waals surface area contributed by atoms with Gasteiger partial charge in [-0.15, -0.1) is 0 Å². The first-order chi connectivity index (χ1) is 8.06. The molecule has 1 unspecified atom stereocenters. The Hall–Kier alpha value is -1.00. The van der Waals surface area contributed by atoms with Gasteiger partial charge in [0.25, 0.3) is 0 Å². The summed E-state index contributed by atoms with van der Waals surface area (Å²) < 4.78 is 0. The normalized spacial score (nSPS) is 19.4. The molecule has 1 fully saturated rings. The van der Waals surface area contributed by atoms with Crippen molar-refractivity contribution in [2.24, 2.45) is 5.92 Å². The second-order valence-corrected chi connectivity index (χ2v) is 5.03. The number of aromatic nitrogens is 1. The zero-order valence-electron chi connectivity index (χ0n) is 9.93. The average molecular weight is 256 g/mol. The molecule has 3 N–H and O–H groups in total. The van der Waals surface area contributed by atoms with Crippen molar-refractivity contribution in [2.75, 3.05) is 23.7 Å². The van der Waals surface area contributed by atoms with Crippen molar-refractivity contribution >= 4 is 23.1 Å². The topological polar surface area (TPSA) is 62.4 Å². The van der Waals surface area contributed by atoms with Crippen molar-refractivity contribution in [1.29, 1.82) is 0 Å². The highest BCUT2D eigenvalue weighted by Gasteiger charge is 2.23. The van der Waals surface area contributed by atoms with Gasteiger partial charge in [-0.25, -0.2) is 4.98 Å². The number of pyridine rings is 1. The van der Waals surface area contributed by atoms with Crippen molar-refractivity contribution in [3.8, 4) is 0 Å². The predicted molar refractivity (Wildman–Crippen MR) is 70.3 cm³/mol. The van der Waals surface area contributed by atoms with Crippen molar-refractivity contribution < 1.29 is 5.11 Å². The van der Waals surface area contributed by atoms with E-state index in [9.17, 15) is 5.11 Å². The summed E-state index contributed by atoms with van der Waals surface area (Å²) in [4.78, 5) is 6.44. The van der Waals surface area contributed by atoms with E-state index in [1.807, 2.05) is 13.0 Å². The molecular formula is C12H18ClN3O. The monoisotopic (exact) mass is 255 g/mol. The number of hydrogen-bond acceptors (Lipinski definition) is 4. The maximum Gasteiger partial charge on any atom is 0.133 e. The number of nitrogen functional groups attached to an aromatic ring is 1. The van der Waals surface area contributed by atoms with E-state index in [1.165, 1.54) is 0 Å². The Kier molecular flexibility index (Phi) is 3.74. The van der Waals surface area contributed by atoms with Crippen LogP contribution in [-0.4, -0.2) is 29.3 Å². The van der Waals surface area contributed by atoms with E-state index in [0.29, 0.717) is 16.8 Å². The lowest BCUT2D eigenvalue weighted by Gasteiger charge is -2.34. The number of piperidine rings is 1. The van der Waals surface area contributed by atoms with Gasteiger partial charge in [-0.3, -0.25) is 0 Å². The Morgan fingerprint density at radius 1 is 1.47 bits per heavy atom. The molecule has 2 rings (SSSR count). The first kappa shape index (κ1) is 12.5. The smallest absolute Gasteiger partial charge is 0.133 e. The zero-order chi connectivity index (χ0) is 12.4. The summed E-state index contributed by atoms with van der Waals surface area (Å²) in [6, 6.07) is 3.49. The number of aliphatic hydroxyl groups excluding tert-OH is 1. The molecule has 1 aromatic rings. The van der Waals surface area contributed by atoms with Gasteiger partial charge in [-0.2, -0.15) is 0 Å². The lowest BCUT2D eigenvalue weighted by Crippen LogP contribution is -2.37. The van der Waals surface area contributed by atoms with Gasteiger partial charge in [0.1, 0.15) is 11.0 Å². The molecule has 0 radical (unpaired) electrons. The molecule has 0 saturated carbocycles. The van der Waals surface area contributed by atoms with Crippen LogP contribution in [0.3, 0.4) is 0 Å². The van der Waals surface area contributed by atoms with Crippen molar-refractivity contribution in [3.63, 3.8) is 0 Å². The SMILES string of the molecule is CC(O)C1CCN(c2cc(N)cc(Cl)n2)CC1. The fourth-order valence-corrected chi connectivity index (χ4v) is 2.49. The van der Waals surface area contributed by atoms with E-state index in [1.54, 1.807) is 6.07 Å². The summed E-state index contributed by atoms with van der Waals surface area (Å²) >= 11 is 5.89. The molecule has 0 amide bonds. The molecule has 0 spiro atoms. The standard InChI is InChI=1S/C12H18ClN3O/c1-8(17)9-2-4-16(5-3-9)12-7-10(14)6-11(13)15-12/h6-9,17H,2-5H2,1H3,(H2,14,15). The van der Waals surface area contributed by atoms with Gasteiger partial charge < -0.3 is 15.7 Å². The molecule has 0 aromatic carbocycles. The number of halogens is 1. The fourth-order valence-electron chi connectivity index (χ4n) is 2.28. The Morgan fingerprint density at radius 2 is 2.12 bits per heavy atom. The predicted octanol–water partition coefficient (Wildman–Crippen LogP) is 1.91. The van der Waals surface area contributed by atoms with Gasteiger partial charge in [-0.1, -0.05) is 11.6 Å². The van der Waals surface area contributed by atoms with Crippen LogP contribution < -0.4 is 10.6 Å². The van der Waals surface area contributed by atoms with Crippen molar-refractivity contribution in [2.45, 2.75) is 25.9 Å². The van der Waals surface area contributed by atoms with Gasteiger partial charge in [0.15, 0.2) is 0 Å². The van der Waals surface area contributed by atoms with Crippen LogP contribution in [0.5, 0.6) is 0 Å². The van der Waals surface area contributed by atoms with Crippen molar-refractivity contribution in [1.82, 2.24) is 4.98 Å². The third-order valence-corrected chi connectivity index (χ3v) is 3.54. The molecule has 4 nitrogen and oxygen atoms in total. The third kappa shape index (κ3) is 3.01. The number of hydrogen-bond donors (Lipinski definition) is 2. The van der Waals surface area contributed by atoms with E-state index >= 15 is 0 Å². The summed E-state index contributed by atoms with van der Waals surface area (Å²) in [7, 11) is 0. The van der Waals surface area contributed by atoms with E-state index in [2.05, 4.69) is 9.88 Å². The molecule has 1 atom stereocenters. The van der Waals surface area contributed by atoms with Crippen LogP contribution in [0, 0.1) is 5.92 Å². The molecule has 5 heteroatoms. The molecule has 1 aliphatic heterocycles. The van der Waals surface area contributed by atoms with Crippen LogP contribution in [0.2, 0.25) is 5.15 Å². The third-order valence-electron chi connectivity index (χ3n) is 3.35. The molecule has 17 heavy (non-hydrogen) atoms. The number of nitrogens with two attached hydrogens (primary N) is 1. The van der Waals surface area contributed by atoms with E-state index in [-0.39, 0.29) is 6.10 Å². The quantitative estimate of drug-likeness (QED) is 0.793. The first-order valence-electron chi connectivity index (χ1n) is 5.92. The summed E-state index contributed by atoms with van der Waals surface area (Å²) in [5.74, 6) is 1.22. The zero-order valence-corrected chi connectivity index (χ0v) is 10.7. The Labute approximate surface area is 106 Å². The number of rotatable bonds is 2. The molecular weight excluding hydrogens is 238 g/mol. The number of anilines is 2. The highest BCUT2D eigenvalue weighted by molar-refractivity contribution is 6.29. The van der Waals surface area contributed by atoms with Crippen LogP contribution in [0.25, 0.3) is 0 Å².